The molecular weight excluding hydrogens is 358 g/mol. The summed E-state index contributed by atoms with van der Waals surface area (Å²) in [5.74, 6) is 0.415. The molecule has 7 heteroatoms. The number of hydrogen-bond acceptors (Lipinski definition) is 5. The predicted octanol–water partition coefficient (Wildman–Crippen LogP) is 3.59. The zero-order chi connectivity index (χ0) is 18.4. The molecule has 5 rings (SSSR count). The zero-order valence-electron chi connectivity index (χ0n) is 15.0. The number of rotatable bonds is 5. The molecule has 0 N–H and O–H groups in total. The number of carbonyl (C=O) groups is 1. The molecule has 0 bridgehead atoms. The molecule has 1 fully saturated rings. The first-order chi connectivity index (χ1) is 13.2. The van der Waals surface area contributed by atoms with Crippen molar-refractivity contribution < 1.29 is 4.79 Å². The Kier molecular flexibility index (Phi) is 3.89. The quantitative estimate of drug-likeness (QED) is 0.533. The summed E-state index contributed by atoms with van der Waals surface area (Å²) in [6.45, 7) is 3.22. The van der Waals surface area contributed by atoms with Crippen LogP contribution in [-0.4, -0.2) is 30.8 Å². The Morgan fingerprint density at radius 3 is 2.93 bits per heavy atom. The number of pyridine rings is 1. The summed E-state index contributed by atoms with van der Waals surface area (Å²) in [6.07, 6.45) is 2.00. The van der Waals surface area contributed by atoms with Gasteiger partial charge in [-0.2, -0.15) is 4.52 Å². The number of carbonyl (C=O) groups excluding carboxylic acids is 1. The third-order valence-electron chi connectivity index (χ3n) is 5.02. The van der Waals surface area contributed by atoms with E-state index < -0.39 is 0 Å². The lowest BCUT2D eigenvalue weighted by molar-refractivity contribution is -0.133. The highest BCUT2D eigenvalue weighted by molar-refractivity contribution is 7.09. The van der Waals surface area contributed by atoms with Gasteiger partial charge in [-0.25, -0.2) is 0 Å². The van der Waals surface area contributed by atoms with Crippen molar-refractivity contribution in [1.82, 2.24) is 24.9 Å². The van der Waals surface area contributed by atoms with Crippen LogP contribution in [0, 0.1) is 12.8 Å². The van der Waals surface area contributed by atoms with Gasteiger partial charge in [-0.05, 0) is 59.8 Å². The van der Waals surface area contributed by atoms with Crippen LogP contribution in [0.2, 0.25) is 0 Å². The topological polar surface area (TPSA) is 63.4 Å². The van der Waals surface area contributed by atoms with Crippen LogP contribution in [0.3, 0.4) is 0 Å². The number of benzene rings is 1. The van der Waals surface area contributed by atoms with Crippen LogP contribution in [0.5, 0.6) is 0 Å². The molecule has 1 aromatic carbocycles. The van der Waals surface area contributed by atoms with E-state index >= 15 is 0 Å². The first-order valence-electron chi connectivity index (χ1n) is 9.10. The largest absolute Gasteiger partial charge is 0.333 e. The van der Waals surface area contributed by atoms with E-state index in [9.17, 15) is 4.79 Å². The lowest BCUT2D eigenvalue weighted by atomic mass is 10.1. The predicted molar refractivity (Wildman–Crippen MR) is 104 cm³/mol. The second-order valence-electron chi connectivity index (χ2n) is 7.19. The lowest BCUT2D eigenvalue weighted by Crippen LogP contribution is -2.31. The molecule has 6 nitrogen and oxygen atoms in total. The number of amides is 1. The van der Waals surface area contributed by atoms with E-state index in [4.69, 9.17) is 0 Å². The van der Waals surface area contributed by atoms with E-state index in [2.05, 4.69) is 52.1 Å². The van der Waals surface area contributed by atoms with Gasteiger partial charge in [0.2, 0.25) is 5.91 Å². The van der Waals surface area contributed by atoms with Crippen molar-refractivity contribution in [3.05, 3.63) is 57.8 Å². The summed E-state index contributed by atoms with van der Waals surface area (Å²) in [6, 6.07) is 12.5. The van der Waals surface area contributed by atoms with Crippen molar-refractivity contribution in [3.8, 4) is 0 Å². The molecule has 1 saturated carbocycles. The highest BCUT2D eigenvalue weighted by atomic mass is 32.1. The number of aromatic nitrogens is 4. The van der Waals surface area contributed by atoms with E-state index in [1.807, 2.05) is 17.0 Å². The first kappa shape index (κ1) is 16.4. The van der Waals surface area contributed by atoms with Gasteiger partial charge in [-0.3, -0.25) is 4.79 Å². The summed E-state index contributed by atoms with van der Waals surface area (Å²) in [5, 5.41) is 15.4. The maximum absolute atomic E-state index is 12.9. The summed E-state index contributed by atoms with van der Waals surface area (Å²) in [4.78, 5) is 16.0. The molecule has 1 aliphatic rings. The monoisotopic (exact) mass is 377 g/mol. The van der Waals surface area contributed by atoms with Crippen LogP contribution in [0.15, 0.2) is 41.8 Å². The lowest BCUT2D eigenvalue weighted by Gasteiger charge is -2.22. The maximum Gasteiger partial charge on any atom is 0.226 e. The smallest absolute Gasteiger partial charge is 0.226 e. The van der Waals surface area contributed by atoms with E-state index in [1.54, 1.807) is 15.9 Å². The van der Waals surface area contributed by atoms with Gasteiger partial charge in [0, 0.05) is 28.3 Å². The molecule has 136 valence electrons. The average molecular weight is 377 g/mol. The molecule has 0 aliphatic heterocycles. The minimum atomic E-state index is 0.180. The van der Waals surface area contributed by atoms with Gasteiger partial charge in [0.1, 0.15) is 0 Å². The zero-order valence-corrected chi connectivity index (χ0v) is 15.8. The number of hydrogen-bond donors (Lipinski definition) is 0. The number of nitrogens with zero attached hydrogens (tertiary/aromatic N) is 5. The number of aryl methyl sites for hydroxylation is 1. The third-order valence-corrected chi connectivity index (χ3v) is 5.89. The molecule has 0 spiro atoms. The summed E-state index contributed by atoms with van der Waals surface area (Å²) >= 11 is 1.68. The van der Waals surface area contributed by atoms with Gasteiger partial charge in [0.05, 0.1) is 12.1 Å². The van der Waals surface area contributed by atoms with Gasteiger partial charge < -0.3 is 4.90 Å². The van der Waals surface area contributed by atoms with Crippen LogP contribution in [0.4, 0.5) is 0 Å². The Bertz CT molecular complexity index is 1130. The molecule has 27 heavy (non-hydrogen) atoms. The highest BCUT2D eigenvalue weighted by Crippen LogP contribution is 2.33. The van der Waals surface area contributed by atoms with E-state index in [-0.39, 0.29) is 11.8 Å². The first-order valence-corrected chi connectivity index (χ1v) is 9.98. The minimum Gasteiger partial charge on any atom is -0.333 e. The Morgan fingerprint density at radius 1 is 1.26 bits per heavy atom. The molecule has 3 aromatic heterocycles. The third kappa shape index (κ3) is 3.08. The standard InChI is InChI=1S/C20H19N5OS/c1-13-4-7-18-15(9-13)10-16(19-21-22-23-25(18)19)11-24(20(26)14-5-6-14)12-17-3-2-8-27-17/h2-4,7-10,14H,5-6,11-12H2,1H3. The molecule has 1 amide bonds. The van der Waals surface area contributed by atoms with Crippen molar-refractivity contribution in [2.75, 3.05) is 0 Å². The van der Waals surface area contributed by atoms with Gasteiger partial charge in [-0.1, -0.05) is 17.7 Å². The van der Waals surface area contributed by atoms with Crippen LogP contribution < -0.4 is 0 Å². The number of tetrazole rings is 1. The van der Waals surface area contributed by atoms with E-state index in [1.165, 1.54) is 10.4 Å². The molecule has 1 aliphatic carbocycles. The van der Waals surface area contributed by atoms with Gasteiger partial charge in [-0.15, -0.1) is 16.4 Å². The van der Waals surface area contributed by atoms with Gasteiger partial charge in [0.25, 0.3) is 0 Å². The van der Waals surface area contributed by atoms with Crippen molar-refractivity contribution >= 4 is 33.8 Å². The molecule has 4 aromatic rings. The molecule has 0 unspecified atom stereocenters. The Morgan fingerprint density at radius 2 is 2.15 bits per heavy atom. The van der Waals surface area contributed by atoms with E-state index in [0.29, 0.717) is 18.7 Å². The summed E-state index contributed by atoms with van der Waals surface area (Å²) in [7, 11) is 0. The summed E-state index contributed by atoms with van der Waals surface area (Å²) in [5.41, 5.74) is 3.85. The molecule has 0 radical (unpaired) electrons. The van der Waals surface area contributed by atoms with Crippen molar-refractivity contribution in [2.45, 2.75) is 32.9 Å². The van der Waals surface area contributed by atoms with Crippen LogP contribution in [0.1, 0.15) is 28.8 Å². The fourth-order valence-corrected chi connectivity index (χ4v) is 4.22. The van der Waals surface area contributed by atoms with Crippen molar-refractivity contribution in [3.63, 3.8) is 0 Å². The van der Waals surface area contributed by atoms with Crippen LogP contribution in [-0.2, 0) is 17.9 Å². The highest BCUT2D eigenvalue weighted by Gasteiger charge is 2.34. The normalized spacial score (nSPS) is 14.1. The van der Waals surface area contributed by atoms with Crippen LogP contribution >= 0.6 is 11.3 Å². The molecule has 0 saturated heterocycles. The Hall–Kier alpha value is -2.80. The van der Waals surface area contributed by atoms with Crippen molar-refractivity contribution in [1.29, 1.82) is 0 Å². The second-order valence-corrected chi connectivity index (χ2v) is 8.23. The van der Waals surface area contributed by atoms with Crippen molar-refractivity contribution in [2.24, 2.45) is 5.92 Å². The fraction of sp³-hybridized carbons (Fsp3) is 0.300. The number of thiophene rings is 1. The molecule has 0 atom stereocenters. The SMILES string of the molecule is Cc1ccc2c(c1)cc(CN(Cc1cccs1)C(=O)C1CC1)c1nnnn12. The summed E-state index contributed by atoms with van der Waals surface area (Å²) < 4.78 is 1.77. The van der Waals surface area contributed by atoms with Gasteiger partial charge in [0.15, 0.2) is 5.65 Å². The average Bonchev–Trinajstić information content (AvgIpc) is 3.15. The molecule has 3 heterocycles. The number of fused-ring (bicyclic) bond motifs is 3. The van der Waals surface area contributed by atoms with E-state index in [0.717, 1.165) is 29.3 Å². The minimum absolute atomic E-state index is 0.180. The Balaban J connectivity index is 1.57. The fourth-order valence-electron chi connectivity index (χ4n) is 3.50. The maximum atomic E-state index is 12.9. The molecular formula is C20H19N5OS. The second kappa shape index (κ2) is 6.42. The Labute approximate surface area is 160 Å². The van der Waals surface area contributed by atoms with Crippen LogP contribution in [0.25, 0.3) is 16.6 Å². The van der Waals surface area contributed by atoms with Gasteiger partial charge >= 0.3 is 0 Å².